The lowest BCUT2D eigenvalue weighted by atomic mass is 9.89. The van der Waals surface area contributed by atoms with E-state index < -0.39 is 37.4 Å². The van der Waals surface area contributed by atoms with E-state index >= 15 is 0 Å². The van der Waals surface area contributed by atoms with Crippen LogP contribution in [-0.4, -0.2) is 60.5 Å². The van der Waals surface area contributed by atoms with Crippen molar-refractivity contribution in [1.82, 2.24) is 4.90 Å². The molecule has 1 aromatic carbocycles. The van der Waals surface area contributed by atoms with Crippen molar-refractivity contribution in [2.45, 2.75) is 31.1 Å². The number of benzene rings is 1. The van der Waals surface area contributed by atoms with Gasteiger partial charge in [0.05, 0.1) is 5.56 Å². The number of carbonyl (C=O) groups is 2. The Hall–Kier alpha value is -2.16. The molecule has 9 heteroatoms. The number of hydrogen-bond acceptors (Lipinski definition) is 3. The average Bonchev–Trinajstić information content (AvgIpc) is 2.61. The zero-order valence-electron chi connectivity index (χ0n) is 13.8. The van der Waals surface area contributed by atoms with Crippen molar-refractivity contribution >= 4 is 11.9 Å². The summed E-state index contributed by atoms with van der Waals surface area (Å²) in [4.78, 5) is 24.6. The van der Waals surface area contributed by atoms with E-state index in [-0.39, 0.29) is 18.0 Å². The van der Waals surface area contributed by atoms with Crippen LogP contribution in [0.15, 0.2) is 24.3 Å². The molecule has 0 bridgehead atoms. The van der Waals surface area contributed by atoms with Crippen molar-refractivity contribution in [3.8, 4) is 0 Å². The van der Waals surface area contributed by atoms with Gasteiger partial charge in [0.2, 0.25) is 5.91 Å². The Morgan fingerprint density at radius 1 is 1.35 bits per heavy atom. The number of likely N-dealkylation sites (tertiary alicyclic amines) is 1. The smallest absolute Gasteiger partial charge is 0.335 e. The summed E-state index contributed by atoms with van der Waals surface area (Å²) in [7, 11) is 0. The number of carboxylic acid groups (broad SMARTS) is 1. The standard InChI is InChI=1S/C17H19F4NO4/c18-16(19)17(20,21)10-26-9-14(23)22-6-2-5-13(8-22)11-3-1-4-12(7-11)15(24)25/h1,3-4,7,13,16H,2,5-6,8-10H2,(H,24,25)/t13-/m1/s1. The molecule has 1 aliphatic rings. The monoisotopic (exact) mass is 377 g/mol. The minimum atomic E-state index is -4.29. The fourth-order valence-electron chi connectivity index (χ4n) is 2.83. The van der Waals surface area contributed by atoms with E-state index in [1.165, 1.54) is 11.0 Å². The van der Waals surface area contributed by atoms with Crippen molar-refractivity contribution in [2.24, 2.45) is 0 Å². The van der Waals surface area contributed by atoms with Crippen LogP contribution in [0.2, 0.25) is 0 Å². The number of amides is 1. The number of alkyl halides is 4. The van der Waals surface area contributed by atoms with E-state index in [0.717, 1.165) is 12.0 Å². The molecule has 1 fully saturated rings. The summed E-state index contributed by atoms with van der Waals surface area (Å²) in [6.07, 6.45) is -2.45. The van der Waals surface area contributed by atoms with Crippen LogP contribution < -0.4 is 0 Å². The molecule has 0 unspecified atom stereocenters. The first-order valence-corrected chi connectivity index (χ1v) is 8.05. The SMILES string of the molecule is O=C(O)c1cccc([C@@H]2CCCN(C(=O)COCC(F)(F)C(F)F)C2)c1. The summed E-state index contributed by atoms with van der Waals surface area (Å²) in [5, 5.41) is 9.05. The molecule has 1 heterocycles. The van der Waals surface area contributed by atoms with E-state index in [9.17, 15) is 27.2 Å². The fraction of sp³-hybridized carbons (Fsp3) is 0.529. The van der Waals surface area contributed by atoms with Gasteiger partial charge in [0, 0.05) is 19.0 Å². The summed E-state index contributed by atoms with van der Waals surface area (Å²) >= 11 is 0. The molecule has 1 atom stereocenters. The van der Waals surface area contributed by atoms with Crippen molar-refractivity contribution in [2.75, 3.05) is 26.3 Å². The average molecular weight is 377 g/mol. The topological polar surface area (TPSA) is 66.8 Å². The fourth-order valence-corrected chi connectivity index (χ4v) is 2.83. The van der Waals surface area contributed by atoms with Crippen molar-refractivity contribution in [1.29, 1.82) is 0 Å². The lowest BCUT2D eigenvalue weighted by Crippen LogP contribution is -2.42. The highest BCUT2D eigenvalue weighted by molar-refractivity contribution is 5.87. The summed E-state index contributed by atoms with van der Waals surface area (Å²) in [6.45, 7) is -1.53. The number of aromatic carboxylic acids is 1. The lowest BCUT2D eigenvalue weighted by Gasteiger charge is -2.33. The minimum Gasteiger partial charge on any atom is -0.478 e. The van der Waals surface area contributed by atoms with Crippen LogP contribution in [0.3, 0.4) is 0 Å². The molecule has 1 N–H and O–H groups in total. The summed E-state index contributed by atoms with van der Waals surface area (Å²) < 4.78 is 54.1. The number of nitrogens with zero attached hydrogens (tertiary/aromatic N) is 1. The summed E-state index contributed by atoms with van der Waals surface area (Å²) in [5.74, 6) is -5.99. The van der Waals surface area contributed by atoms with Gasteiger partial charge in [0.1, 0.15) is 13.2 Å². The summed E-state index contributed by atoms with van der Waals surface area (Å²) in [6, 6.07) is 6.40. The largest absolute Gasteiger partial charge is 0.478 e. The minimum absolute atomic E-state index is 0.0884. The van der Waals surface area contributed by atoms with E-state index in [1.54, 1.807) is 18.2 Å². The molecule has 1 amide bonds. The Morgan fingerprint density at radius 3 is 2.73 bits per heavy atom. The van der Waals surface area contributed by atoms with Gasteiger partial charge < -0.3 is 14.7 Å². The quantitative estimate of drug-likeness (QED) is 0.742. The van der Waals surface area contributed by atoms with E-state index in [0.29, 0.717) is 13.0 Å². The Morgan fingerprint density at radius 2 is 2.08 bits per heavy atom. The van der Waals surface area contributed by atoms with Crippen molar-refractivity contribution in [3.63, 3.8) is 0 Å². The molecule has 0 spiro atoms. The third-order valence-electron chi connectivity index (χ3n) is 4.22. The zero-order chi connectivity index (χ0) is 19.3. The van der Waals surface area contributed by atoms with E-state index in [4.69, 9.17) is 5.11 Å². The Balaban J connectivity index is 1.92. The maximum Gasteiger partial charge on any atom is 0.335 e. The van der Waals surface area contributed by atoms with Crippen molar-refractivity contribution < 1.29 is 37.0 Å². The van der Waals surface area contributed by atoms with Crippen LogP contribution in [0.25, 0.3) is 0 Å². The van der Waals surface area contributed by atoms with Crippen LogP contribution >= 0.6 is 0 Å². The highest BCUT2D eigenvalue weighted by Crippen LogP contribution is 2.28. The molecule has 1 saturated heterocycles. The Labute approximate surface area is 147 Å². The molecule has 0 saturated carbocycles. The molecular formula is C17H19F4NO4. The van der Waals surface area contributed by atoms with Gasteiger partial charge in [-0.2, -0.15) is 8.78 Å². The van der Waals surface area contributed by atoms with Gasteiger partial charge >= 0.3 is 18.3 Å². The van der Waals surface area contributed by atoms with Gasteiger partial charge in [-0.05, 0) is 30.5 Å². The van der Waals surface area contributed by atoms with Gasteiger partial charge in [-0.3, -0.25) is 4.79 Å². The van der Waals surface area contributed by atoms with E-state index in [2.05, 4.69) is 4.74 Å². The van der Waals surface area contributed by atoms with Gasteiger partial charge in [0.25, 0.3) is 0 Å². The molecule has 1 aromatic rings. The third kappa shape index (κ3) is 5.17. The van der Waals surface area contributed by atoms with Crippen LogP contribution in [0.5, 0.6) is 0 Å². The third-order valence-corrected chi connectivity index (χ3v) is 4.22. The number of ether oxygens (including phenoxy) is 1. The molecule has 26 heavy (non-hydrogen) atoms. The first-order chi connectivity index (χ1) is 12.2. The van der Waals surface area contributed by atoms with E-state index in [1.807, 2.05) is 0 Å². The predicted octanol–water partition coefficient (Wildman–Crippen LogP) is 3.01. The van der Waals surface area contributed by atoms with Crippen LogP contribution in [0.1, 0.15) is 34.7 Å². The maximum absolute atomic E-state index is 12.8. The number of hydrogen-bond donors (Lipinski definition) is 1. The zero-order valence-corrected chi connectivity index (χ0v) is 13.8. The Kier molecular flexibility index (Phi) is 6.57. The van der Waals surface area contributed by atoms with Crippen molar-refractivity contribution in [3.05, 3.63) is 35.4 Å². The second-order valence-corrected chi connectivity index (χ2v) is 6.16. The number of carbonyl (C=O) groups excluding carboxylic acids is 1. The molecule has 2 rings (SSSR count). The molecular weight excluding hydrogens is 358 g/mol. The molecule has 0 aromatic heterocycles. The van der Waals surface area contributed by atoms with Crippen LogP contribution in [-0.2, 0) is 9.53 Å². The maximum atomic E-state index is 12.8. The molecule has 0 radical (unpaired) electrons. The first-order valence-electron chi connectivity index (χ1n) is 8.05. The number of rotatable bonds is 7. The Bertz CT molecular complexity index is 653. The normalized spacial score (nSPS) is 18.2. The summed E-state index contributed by atoms with van der Waals surface area (Å²) in [5.41, 5.74) is 0.913. The van der Waals surface area contributed by atoms with Gasteiger partial charge in [-0.25, -0.2) is 13.6 Å². The molecule has 1 aliphatic heterocycles. The van der Waals surface area contributed by atoms with Gasteiger partial charge in [-0.15, -0.1) is 0 Å². The van der Waals surface area contributed by atoms with Gasteiger partial charge in [-0.1, -0.05) is 12.1 Å². The second-order valence-electron chi connectivity index (χ2n) is 6.16. The van der Waals surface area contributed by atoms with Gasteiger partial charge in [0.15, 0.2) is 0 Å². The molecule has 5 nitrogen and oxygen atoms in total. The highest BCUT2D eigenvalue weighted by atomic mass is 19.3. The predicted molar refractivity (Wildman–Crippen MR) is 83.7 cm³/mol. The first kappa shape index (κ1) is 20.2. The van der Waals surface area contributed by atoms with Crippen LogP contribution in [0, 0.1) is 0 Å². The lowest BCUT2D eigenvalue weighted by molar-refractivity contribution is -0.171. The number of piperidine rings is 1. The number of carboxylic acids is 1. The second kappa shape index (κ2) is 8.48. The molecule has 0 aliphatic carbocycles. The highest BCUT2D eigenvalue weighted by Gasteiger charge is 2.41. The molecule has 144 valence electrons. The van der Waals surface area contributed by atoms with Crippen LogP contribution in [0.4, 0.5) is 17.6 Å². The number of halogens is 4.